The van der Waals surface area contributed by atoms with Crippen molar-refractivity contribution in [2.45, 2.75) is 6.54 Å². The van der Waals surface area contributed by atoms with Crippen molar-refractivity contribution in [2.75, 3.05) is 49.4 Å². The molecule has 4 aromatic carbocycles. The van der Waals surface area contributed by atoms with Gasteiger partial charge in [-0.25, -0.2) is 4.98 Å². The number of ether oxygens (including phenoxy) is 2. The van der Waals surface area contributed by atoms with Crippen LogP contribution < -0.4 is 20.7 Å². The number of aromatic nitrogens is 1. The Bertz CT molecular complexity index is 1580. The number of nitrogens with two attached hydrogens (primary N) is 1. The number of methoxy groups -OCH3 is 1. The van der Waals surface area contributed by atoms with Gasteiger partial charge in [0.05, 0.1) is 25.8 Å². The highest BCUT2D eigenvalue weighted by Gasteiger charge is 2.14. The zero-order valence-electron chi connectivity index (χ0n) is 22.1. The van der Waals surface area contributed by atoms with Crippen LogP contribution in [0.1, 0.15) is 5.56 Å². The third-order valence-corrected chi connectivity index (χ3v) is 7.21. The summed E-state index contributed by atoms with van der Waals surface area (Å²) in [5.41, 5.74) is 14.5. The lowest BCUT2D eigenvalue weighted by Gasteiger charge is -2.29. The molecule has 1 saturated heterocycles. The van der Waals surface area contributed by atoms with E-state index in [1.54, 1.807) is 7.11 Å². The molecule has 1 aromatic heterocycles. The van der Waals surface area contributed by atoms with Crippen LogP contribution in [0.4, 0.5) is 17.2 Å². The van der Waals surface area contributed by atoms with Crippen LogP contribution in [-0.4, -0.2) is 38.4 Å². The highest BCUT2D eigenvalue weighted by Crippen LogP contribution is 2.34. The van der Waals surface area contributed by atoms with Gasteiger partial charge in [0, 0.05) is 42.0 Å². The van der Waals surface area contributed by atoms with Gasteiger partial charge < -0.3 is 25.4 Å². The van der Waals surface area contributed by atoms with Gasteiger partial charge in [-0.15, -0.1) is 0 Å². The maximum atomic E-state index is 6.05. The molecule has 0 aliphatic carbocycles. The molecule has 0 bridgehead atoms. The van der Waals surface area contributed by atoms with Crippen molar-refractivity contribution in [1.82, 2.24) is 4.98 Å². The van der Waals surface area contributed by atoms with Crippen molar-refractivity contribution < 1.29 is 9.47 Å². The number of benzene rings is 4. The predicted octanol–water partition coefficient (Wildman–Crippen LogP) is 6.61. The number of rotatable bonds is 7. The minimum absolute atomic E-state index is 0.655. The number of pyridine rings is 1. The van der Waals surface area contributed by atoms with E-state index in [-0.39, 0.29) is 0 Å². The van der Waals surface area contributed by atoms with Crippen molar-refractivity contribution in [3.8, 4) is 28.0 Å². The van der Waals surface area contributed by atoms with Crippen LogP contribution in [0.25, 0.3) is 33.2 Å². The average molecular weight is 517 g/mol. The summed E-state index contributed by atoms with van der Waals surface area (Å²) in [5, 5.41) is 4.67. The second-order valence-corrected chi connectivity index (χ2v) is 9.77. The summed E-state index contributed by atoms with van der Waals surface area (Å²) in [7, 11) is 1.68. The first kappa shape index (κ1) is 24.8. The maximum absolute atomic E-state index is 6.05. The molecule has 3 N–H and O–H groups in total. The third-order valence-electron chi connectivity index (χ3n) is 7.21. The van der Waals surface area contributed by atoms with E-state index >= 15 is 0 Å². The molecule has 2 heterocycles. The molecule has 39 heavy (non-hydrogen) atoms. The fourth-order valence-corrected chi connectivity index (χ4v) is 5.03. The first-order chi connectivity index (χ1) is 19.2. The number of nitrogens with zero attached hydrogens (tertiary/aromatic N) is 2. The van der Waals surface area contributed by atoms with Crippen LogP contribution >= 0.6 is 0 Å². The molecule has 0 radical (unpaired) electrons. The lowest BCUT2D eigenvalue weighted by molar-refractivity contribution is 0.122. The lowest BCUT2D eigenvalue weighted by Crippen LogP contribution is -2.36. The van der Waals surface area contributed by atoms with Crippen LogP contribution in [-0.2, 0) is 11.3 Å². The second kappa shape index (κ2) is 11.1. The first-order valence-electron chi connectivity index (χ1n) is 13.3. The highest BCUT2D eigenvalue weighted by molar-refractivity contribution is 5.92. The first-order valence-corrected chi connectivity index (χ1v) is 13.3. The van der Waals surface area contributed by atoms with Crippen LogP contribution in [0.15, 0.2) is 97.1 Å². The Morgan fingerprint density at radius 3 is 2.33 bits per heavy atom. The number of morpholine rings is 1. The number of fused-ring (bicyclic) bond motifs is 1. The molecule has 5 aromatic rings. The van der Waals surface area contributed by atoms with Crippen LogP contribution in [0.5, 0.6) is 5.75 Å². The molecule has 196 valence electrons. The van der Waals surface area contributed by atoms with Crippen LogP contribution in [0, 0.1) is 0 Å². The Hall–Kier alpha value is -4.55. The molecule has 6 heteroatoms. The van der Waals surface area contributed by atoms with Crippen molar-refractivity contribution in [3.63, 3.8) is 0 Å². The lowest BCUT2D eigenvalue weighted by atomic mass is 9.99. The van der Waals surface area contributed by atoms with Crippen LogP contribution in [0.3, 0.4) is 0 Å². The zero-order chi connectivity index (χ0) is 26.6. The topological polar surface area (TPSA) is 72.6 Å². The Balaban J connectivity index is 1.37. The monoisotopic (exact) mass is 516 g/mol. The van der Waals surface area contributed by atoms with Crippen LogP contribution in [0.2, 0.25) is 0 Å². The molecule has 0 atom stereocenters. The van der Waals surface area contributed by atoms with E-state index in [4.69, 9.17) is 20.2 Å². The molecular formula is C33H32N4O2. The third kappa shape index (κ3) is 5.52. The fraction of sp³-hybridized carbons (Fsp3) is 0.182. The number of hydrogen-bond donors (Lipinski definition) is 2. The van der Waals surface area contributed by atoms with Gasteiger partial charge in [0.1, 0.15) is 11.6 Å². The number of hydrogen-bond acceptors (Lipinski definition) is 6. The smallest absolute Gasteiger partial charge is 0.134 e. The van der Waals surface area contributed by atoms with Crippen molar-refractivity contribution in [2.24, 2.45) is 0 Å². The molecule has 1 aliphatic rings. The summed E-state index contributed by atoms with van der Waals surface area (Å²) < 4.78 is 10.8. The quantitative estimate of drug-likeness (QED) is 0.237. The average Bonchev–Trinajstić information content (AvgIpc) is 3.00. The largest absolute Gasteiger partial charge is 0.497 e. The molecule has 1 fully saturated rings. The second-order valence-electron chi connectivity index (χ2n) is 9.77. The summed E-state index contributed by atoms with van der Waals surface area (Å²) in [6.07, 6.45) is 0. The van der Waals surface area contributed by atoms with Gasteiger partial charge in [-0.3, -0.25) is 0 Å². The van der Waals surface area contributed by atoms with Gasteiger partial charge in [0.15, 0.2) is 0 Å². The van der Waals surface area contributed by atoms with Crippen molar-refractivity contribution >= 4 is 28.1 Å². The fourth-order valence-electron chi connectivity index (χ4n) is 5.03. The number of nitrogen functional groups attached to an aromatic ring is 1. The van der Waals surface area contributed by atoms with Gasteiger partial charge in [0.25, 0.3) is 0 Å². The van der Waals surface area contributed by atoms with E-state index in [9.17, 15) is 0 Å². The Labute approximate surface area is 229 Å². The van der Waals surface area contributed by atoms with E-state index in [0.29, 0.717) is 6.54 Å². The van der Waals surface area contributed by atoms with Gasteiger partial charge in [-0.05, 0) is 76.9 Å². The van der Waals surface area contributed by atoms with E-state index < -0.39 is 0 Å². The Kier molecular flexibility index (Phi) is 7.02. The minimum Gasteiger partial charge on any atom is -0.497 e. The van der Waals surface area contributed by atoms with E-state index in [1.807, 2.05) is 30.3 Å². The summed E-state index contributed by atoms with van der Waals surface area (Å²) in [6.45, 7) is 4.02. The minimum atomic E-state index is 0.655. The molecule has 0 amide bonds. The molecule has 1 aliphatic heterocycles. The SMILES string of the molecule is COc1ccc(CNc2nc3ccc(-c4cccc(N)c4)cc3cc2-c2ccc(N3CCOCC3)cc2)cc1. The summed E-state index contributed by atoms with van der Waals surface area (Å²) in [5.74, 6) is 1.70. The summed E-state index contributed by atoms with van der Waals surface area (Å²) in [6, 6.07) is 33.5. The van der Waals surface area contributed by atoms with Gasteiger partial charge in [-0.1, -0.05) is 42.5 Å². The normalized spacial score (nSPS) is 13.4. The van der Waals surface area contributed by atoms with E-state index in [2.05, 4.69) is 76.9 Å². The standard InChI is InChI=1S/C33H32N4O2/c1-38-30-12-5-23(6-13-30)22-35-33-31(24-7-10-29(11-8-24)37-15-17-39-18-16-37)21-27-19-26(9-14-32(27)36-33)25-3-2-4-28(34)20-25/h2-14,19-21H,15-18,22,34H2,1H3,(H,35,36). The van der Waals surface area contributed by atoms with Gasteiger partial charge in [0.2, 0.25) is 0 Å². The molecule has 0 saturated carbocycles. The number of anilines is 3. The maximum Gasteiger partial charge on any atom is 0.134 e. The molecule has 6 nitrogen and oxygen atoms in total. The summed E-state index contributed by atoms with van der Waals surface area (Å²) in [4.78, 5) is 7.45. The van der Waals surface area contributed by atoms with E-state index in [1.165, 1.54) is 5.69 Å². The Morgan fingerprint density at radius 2 is 1.59 bits per heavy atom. The van der Waals surface area contributed by atoms with Crippen molar-refractivity contribution in [3.05, 3.63) is 103 Å². The van der Waals surface area contributed by atoms with Crippen molar-refractivity contribution in [1.29, 1.82) is 0 Å². The molecule has 0 unspecified atom stereocenters. The van der Waals surface area contributed by atoms with Gasteiger partial charge in [-0.2, -0.15) is 0 Å². The summed E-state index contributed by atoms with van der Waals surface area (Å²) >= 11 is 0. The molecule has 6 rings (SSSR count). The number of nitrogens with one attached hydrogen (secondary N) is 1. The molecule has 0 spiro atoms. The predicted molar refractivity (Wildman–Crippen MR) is 160 cm³/mol. The van der Waals surface area contributed by atoms with E-state index in [0.717, 1.165) is 82.3 Å². The Morgan fingerprint density at radius 1 is 0.846 bits per heavy atom. The van der Waals surface area contributed by atoms with Gasteiger partial charge >= 0.3 is 0 Å². The molecular weight excluding hydrogens is 484 g/mol. The zero-order valence-corrected chi connectivity index (χ0v) is 22.1. The highest BCUT2D eigenvalue weighted by atomic mass is 16.5.